The first-order valence-electron chi connectivity index (χ1n) is 6.44. The van der Waals surface area contributed by atoms with Gasteiger partial charge in [-0.1, -0.05) is 18.2 Å². The van der Waals surface area contributed by atoms with Gasteiger partial charge in [0.05, 0.1) is 17.7 Å². The summed E-state index contributed by atoms with van der Waals surface area (Å²) in [5.74, 6) is 0.742. The Balaban J connectivity index is 2.18. The van der Waals surface area contributed by atoms with Gasteiger partial charge in [-0.2, -0.15) is 0 Å². The van der Waals surface area contributed by atoms with E-state index in [9.17, 15) is 9.50 Å². The Hall–Kier alpha value is -1.59. The van der Waals surface area contributed by atoms with Crippen LogP contribution in [0.5, 0.6) is 11.5 Å². The van der Waals surface area contributed by atoms with Gasteiger partial charge in [0.2, 0.25) is 0 Å². The smallest absolute Gasteiger partial charge is 0.161 e. The molecule has 2 rings (SSSR count). The van der Waals surface area contributed by atoms with E-state index in [1.54, 1.807) is 37.3 Å². The summed E-state index contributed by atoms with van der Waals surface area (Å²) in [5.41, 5.74) is 1.45. The van der Waals surface area contributed by atoms with E-state index in [0.717, 1.165) is 5.56 Å². The summed E-state index contributed by atoms with van der Waals surface area (Å²) < 4.78 is 24.8. The SMILES string of the molecule is COc1cc(C(C)O)ccc1OCc1cccc(F)c1Br. The molecule has 0 aliphatic heterocycles. The highest BCUT2D eigenvalue weighted by Gasteiger charge is 2.11. The van der Waals surface area contributed by atoms with Crippen LogP contribution in [0.4, 0.5) is 4.39 Å². The third-order valence-corrected chi connectivity index (χ3v) is 3.97. The normalized spacial score (nSPS) is 12.0. The third kappa shape index (κ3) is 3.74. The zero-order valence-electron chi connectivity index (χ0n) is 11.8. The summed E-state index contributed by atoms with van der Waals surface area (Å²) in [4.78, 5) is 0. The molecule has 3 nitrogen and oxygen atoms in total. The van der Waals surface area contributed by atoms with Crippen molar-refractivity contribution in [2.24, 2.45) is 0 Å². The Morgan fingerprint density at radius 2 is 2.00 bits per heavy atom. The molecule has 0 fully saturated rings. The molecule has 112 valence electrons. The van der Waals surface area contributed by atoms with E-state index in [1.807, 2.05) is 0 Å². The van der Waals surface area contributed by atoms with E-state index >= 15 is 0 Å². The Morgan fingerprint density at radius 1 is 1.24 bits per heavy atom. The molecule has 0 radical (unpaired) electrons. The standard InChI is InChI=1S/C16H16BrFO3/c1-10(19)11-6-7-14(15(8-11)20-2)21-9-12-4-3-5-13(18)16(12)17/h3-8,10,19H,9H2,1-2H3. The lowest BCUT2D eigenvalue weighted by Crippen LogP contribution is -2.00. The fourth-order valence-electron chi connectivity index (χ4n) is 1.88. The molecule has 1 atom stereocenters. The number of aliphatic hydroxyl groups is 1. The first-order chi connectivity index (χ1) is 10.0. The lowest BCUT2D eigenvalue weighted by Gasteiger charge is -2.14. The van der Waals surface area contributed by atoms with Crippen molar-refractivity contribution >= 4 is 15.9 Å². The van der Waals surface area contributed by atoms with Gasteiger partial charge in [-0.3, -0.25) is 0 Å². The van der Waals surface area contributed by atoms with E-state index in [0.29, 0.717) is 21.5 Å². The maximum Gasteiger partial charge on any atom is 0.161 e. The lowest BCUT2D eigenvalue weighted by molar-refractivity contribution is 0.198. The van der Waals surface area contributed by atoms with Crippen molar-refractivity contribution in [2.45, 2.75) is 19.6 Å². The van der Waals surface area contributed by atoms with E-state index in [2.05, 4.69) is 15.9 Å². The molecule has 0 spiro atoms. The van der Waals surface area contributed by atoms with Crippen molar-refractivity contribution < 1.29 is 19.0 Å². The van der Waals surface area contributed by atoms with Crippen LogP contribution in [0.25, 0.3) is 0 Å². The molecule has 0 aliphatic rings. The van der Waals surface area contributed by atoms with Crippen molar-refractivity contribution in [3.63, 3.8) is 0 Å². The van der Waals surface area contributed by atoms with E-state index in [4.69, 9.17) is 9.47 Å². The first-order valence-corrected chi connectivity index (χ1v) is 7.24. The summed E-state index contributed by atoms with van der Waals surface area (Å²) in [5, 5.41) is 9.57. The molecule has 5 heteroatoms. The number of hydrogen-bond acceptors (Lipinski definition) is 3. The highest BCUT2D eigenvalue weighted by atomic mass is 79.9. The topological polar surface area (TPSA) is 38.7 Å². The largest absolute Gasteiger partial charge is 0.493 e. The Kier molecular flexibility index (Phi) is 5.20. The molecule has 1 N–H and O–H groups in total. The average molecular weight is 355 g/mol. The molecule has 21 heavy (non-hydrogen) atoms. The second kappa shape index (κ2) is 6.91. The second-order valence-electron chi connectivity index (χ2n) is 4.59. The second-order valence-corrected chi connectivity index (χ2v) is 5.38. The number of aliphatic hydroxyl groups excluding tert-OH is 1. The van der Waals surface area contributed by atoms with Crippen LogP contribution in [0.1, 0.15) is 24.2 Å². The predicted octanol–water partition coefficient (Wildman–Crippen LogP) is 4.23. The minimum absolute atomic E-state index is 0.211. The van der Waals surface area contributed by atoms with Gasteiger partial charge >= 0.3 is 0 Å². The third-order valence-electron chi connectivity index (χ3n) is 3.08. The van der Waals surface area contributed by atoms with Crippen LogP contribution < -0.4 is 9.47 Å². The van der Waals surface area contributed by atoms with Crippen molar-refractivity contribution in [3.8, 4) is 11.5 Å². The van der Waals surface area contributed by atoms with Crippen LogP contribution in [0, 0.1) is 5.82 Å². The van der Waals surface area contributed by atoms with E-state index in [1.165, 1.54) is 13.2 Å². The molecule has 0 aromatic heterocycles. The summed E-state index contributed by atoms with van der Waals surface area (Å²) in [6.45, 7) is 1.89. The van der Waals surface area contributed by atoms with Crippen molar-refractivity contribution in [3.05, 3.63) is 57.8 Å². The molecule has 0 saturated heterocycles. The van der Waals surface area contributed by atoms with Gasteiger partial charge in [0, 0.05) is 5.56 Å². The fraction of sp³-hybridized carbons (Fsp3) is 0.250. The highest BCUT2D eigenvalue weighted by Crippen LogP contribution is 2.31. The van der Waals surface area contributed by atoms with Crippen LogP contribution >= 0.6 is 15.9 Å². The minimum atomic E-state index is -0.578. The zero-order valence-corrected chi connectivity index (χ0v) is 13.4. The summed E-state index contributed by atoms with van der Waals surface area (Å²) in [6.07, 6.45) is -0.578. The van der Waals surface area contributed by atoms with Gasteiger partial charge in [0.25, 0.3) is 0 Å². The molecule has 2 aromatic carbocycles. The van der Waals surface area contributed by atoms with Gasteiger partial charge in [0.15, 0.2) is 11.5 Å². The van der Waals surface area contributed by atoms with Crippen LogP contribution in [0.15, 0.2) is 40.9 Å². The molecular formula is C16H16BrFO3. The van der Waals surface area contributed by atoms with Gasteiger partial charge in [-0.05, 0) is 46.6 Å². The Morgan fingerprint density at radius 3 is 2.67 bits per heavy atom. The molecule has 0 amide bonds. The monoisotopic (exact) mass is 354 g/mol. The molecule has 0 aliphatic carbocycles. The zero-order chi connectivity index (χ0) is 15.4. The van der Waals surface area contributed by atoms with E-state index < -0.39 is 6.10 Å². The summed E-state index contributed by atoms with van der Waals surface area (Å²) >= 11 is 3.20. The fourth-order valence-corrected chi connectivity index (χ4v) is 2.26. The van der Waals surface area contributed by atoms with Crippen molar-refractivity contribution in [1.29, 1.82) is 0 Å². The molecule has 1 unspecified atom stereocenters. The maximum absolute atomic E-state index is 13.4. The van der Waals surface area contributed by atoms with Crippen molar-refractivity contribution in [1.82, 2.24) is 0 Å². The molecule has 0 heterocycles. The number of ether oxygens (including phenoxy) is 2. The quantitative estimate of drug-likeness (QED) is 0.873. The van der Waals surface area contributed by atoms with Gasteiger partial charge in [0.1, 0.15) is 12.4 Å². The molecular weight excluding hydrogens is 339 g/mol. The number of hydrogen-bond donors (Lipinski definition) is 1. The van der Waals surface area contributed by atoms with Gasteiger partial charge in [-0.25, -0.2) is 4.39 Å². The summed E-state index contributed by atoms with van der Waals surface area (Å²) in [6, 6.07) is 10.0. The maximum atomic E-state index is 13.4. The molecule has 2 aromatic rings. The van der Waals surface area contributed by atoms with E-state index in [-0.39, 0.29) is 12.4 Å². The van der Waals surface area contributed by atoms with Crippen molar-refractivity contribution in [2.75, 3.05) is 7.11 Å². The lowest BCUT2D eigenvalue weighted by atomic mass is 10.1. The number of halogens is 2. The highest BCUT2D eigenvalue weighted by molar-refractivity contribution is 9.10. The predicted molar refractivity (Wildman–Crippen MR) is 82.1 cm³/mol. The molecule has 0 bridgehead atoms. The van der Waals surface area contributed by atoms with Crippen LogP contribution in [0.2, 0.25) is 0 Å². The van der Waals surface area contributed by atoms with Crippen LogP contribution in [-0.2, 0) is 6.61 Å². The molecule has 0 saturated carbocycles. The first kappa shape index (κ1) is 15.8. The van der Waals surface area contributed by atoms with Gasteiger partial charge in [-0.15, -0.1) is 0 Å². The van der Waals surface area contributed by atoms with Gasteiger partial charge < -0.3 is 14.6 Å². The number of rotatable bonds is 5. The average Bonchev–Trinajstić information content (AvgIpc) is 2.48. The van der Waals surface area contributed by atoms with Crippen LogP contribution in [-0.4, -0.2) is 12.2 Å². The number of benzene rings is 2. The minimum Gasteiger partial charge on any atom is -0.493 e. The Labute approximate surface area is 131 Å². The number of methoxy groups -OCH3 is 1. The van der Waals surface area contributed by atoms with Crippen LogP contribution in [0.3, 0.4) is 0 Å². The summed E-state index contributed by atoms with van der Waals surface area (Å²) in [7, 11) is 1.53. The Bertz CT molecular complexity index is 629.